The predicted molar refractivity (Wildman–Crippen MR) is 59.3 cm³/mol. The Labute approximate surface area is 94.2 Å². The van der Waals surface area contributed by atoms with Crippen LogP contribution < -0.4 is 0 Å². The minimum atomic E-state index is -1.26. The summed E-state index contributed by atoms with van der Waals surface area (Å²) < 4.78 is 4.81. The molecule has 0 heterocycles. The number of ether oxygens (including phenoxy) is 1. The molecule has 0 bridgehead atoms. The quantitative estimate of drug-likeness (QED) is 0.415. The highest BCUT2D eigenvalue weighted by atomic mass is 35.5. The first kappa shape index (κ1) is 11.6. The molecule has 0 spiro atoms. The molecule has 1 unspecified atom stereocenters. The standard InChI is InChI=1S/C12H11ClO2/c1-10(14)15-12(2,13)9-8-11-6-4-3-5-7-11/h3-7H,1-2H3. The van der Waals surface area contributed by atoms with Gasteiger partial charge in [0.2, 0.25) is 5.06 Å². The second kappa shape index (κ2) is 4.86. The van der Waals surface area contributed by atoms with Crippen molar-refractivity contribution in [1.29, 1.82) is 0 Å². The molecular formula is C12H11ClO2. The molecule has 0 saturated carbocycles. The van der Waals surface area contributed by atoms with Gasteiger partial charge in [0.05, 0.1) is 0 Å². The summed E-state index contributed by atoms with van der Waals surface area (Å²) in [4.78, 5) is 10.7. The van der Waals surface area contributed by atoms with Crippen molar-refractivity contribution in [2.24, 2.45) is 0 Å². The maximum absolute atomic E-state index is 10.7. The molecule has 3 heteroatoms. The second-order valence-electron chi connectivity index (χ2n) is 3.13. The van der Waals surface area contributed by atoms with E-state index in [4.69, 9.17) is 16.3 Å². The van der Waals surface area contributed by atoms with Gasteiger partial charge in [-0.3, -0.25) is 4.79 Å². The molecule has 0 aromatic heterocycles. The van der Waals surface area contributed by atoms with Crippen molar-refractivity contribution < 1.29 is 9.53 Å². The lowest BCUT2D eigenvalue weighted by Crippen LogP contribution is -2.21. The lowest BCUT2D eigenvalue weighted by molar-refractivity contribution is -0.145. The molecule has 0 aliphatic heterocycles. The van der Waals surface area contributed by atoms with Gasteiger partial charge >= 0.3 is 5.97 Å². The maximum Gasteiger partial charge on any atom is 0.305 e. The fourth-order valence-corrected chi connectivity index (χ4v) is 1.16. The van der Waals surface area contributed by atoms with E-state index in [1.807, 2.05) is 30.3 Å². The van der Waals surface area contributed by atoms with Gasteiger partial charge < -0.3 is 4.74 Å². The Balaban J connectivity index is 2.77. The van der Waals surface area contributed by atoms with E-state index in [0.29, 0.717) is 0 Å². The molecule has 15 heavy (non-hydrogen) atoms. The molecule has 1 rings (SSSR count). The van der Waals surface area contributed by atoms with Gasteiger partial charge in [-0.05, 0) is 18.1 Å². The van der Waals surface area contributed by atoms with Crippen molar-refractivity contribution in [2.75, 3.05) is 0 Å². The monoisotopic (exact) mass is 222 g/mol. The highest BCUT2D eigenvalue weighted by Gasteiger charge is 2.20. The fourth-order valence-electron chi connectivity index (χ4n) is 1.00. The summed E-state index contributed by atoms with van der Waals surface area (Å²) in [6.07, 6.45) is 0. The summed E-state index contributed by atoms with van der Waals surface area (Å²) in [6, 6.07) is 9.36. The average molecular weight is 223 g/mol. The lowest BCUT2D eigenvalue weighted by Gasteiger charge is -2.13. The largest absolute Gasteiger partial charge is 0.432 e. The van der Waals surface area contributed by atoms with Gasteiger partial charge in [-0.2, -0.15) is 0 Å². The summed E-state index contributed by atoms with van der Waals surface area (Å²) in [5.74, 6) is 5.06. The van der Waals surface area contributed by atoms with Gasteiger partial charge in [0.15, 0.2) is 0 Å². The third-order valence-electron chi connectivity index (χ3n) is 1.54. The molecule has 0 saturated heterocycles. The van der Waals surface area contributed by atoms with Crippen LogP contribution >= 0.6 is 11.6 Å². The smallest absolute Gasteiger partial charge is 0.305 e. The zero-order valence-corrected chi connectivity index (χ0v) is 9.34. The van der Waals surface area contributed by atoms with Crippen molar-refractivity contribution in [1.82, 2.24) is 0 Å². The van der Waals surface area contributed by atoms with Crippen molar-refractivity contribution in [2.45, 2.75) is 18.9 Å². The molecule has 0 aliphatic carbocycles. The van der Waals surface area contributed by atoms with E-state index in [-0.39, 0.29) is 0 Å². The third kappa shape index (κ3) is 4.53. The summed E-state index contributed by atoms with van der Waals surface area (Å²) in [7, 11) is 0. The first-order valence-electron chi connectivity index (χ1n) is 4.46. The summed E-state index contributed by atoms with van der Waals surface area (Å²) in [5, 5.41) is -1.26. The van der Waals surface area contributed by atoms with Crippen molar-refractivity contribution in [3.05, 3.63) is 35.9 Å². The normalized spacial score (nSPS) is 13.3. The summed E-state index contributed by atoms with van der Waals surface area (Å²) in [5.41, 5.74) is 0.830. The Bertz CT molecular complexity index is 399. The maximum atomic E-state index is 10.7. The SMILES string of the molecule is CC(=O)OC(C)(Cl)C#Cc1ccccc1. The zero-order valence-electron chi connectivity index (χ0n) is 8.58. The molecule has 0 fully saturated rings. The van der Waals surface area contributed by atoms with Crippen LogP contribution in [0.1, 0.15) is 19.4 Å². The number of esters is 1. The number of rotatable bonds is 1. The molecule has 1 atom stereocenters. The van der Waals surface area contributed by atoms with E-state index in [0.717, 1.165) is 5.56 Å². The number of halogens is 1. The van der Waals surface area contributed by atoms with Gasteiger partial charge in [-0.25, -0.2) is 0 Å². The highest BCUT2D eigenvalue weighted by molar-refractivity contribution is 6.25. The van der Waals surface area contributed by atoms with Crippen LogP contribution in [0, 0.1) is 11.8 Å². The van der Waals surface area contributed by atoms with E-state index >= 15 is 0 Å². The average Bonchev–Trinajstić information content (AvgIpc) is 2.15. The van der Waals surface area contributed by atoms with Gasteiger partial charge in [0.1, 0.15) is 0 Å². The number of benzene rings is 1. The van der Waals surface area contributed by atoms with Crippen LogP contribution in [-0.2, 0) is 9.53 Å². The van der Waals surface area contributed by atoms with E-state index < -0.39 is 11.0 Å². The first-order chi connectivity index (χ1) is 6.99. The van der Waals surface area contributed by atoms with Crippen LogP contribution in [0.3, 0.4) is 0 Å². The highest BCUT2D eigenvalue weighted by Crippen LogP contribution is 2.15. The van der Waals surface area contributed by atoms with Crippen LogP contribution in [0.15, 0.2) is 30.3 Å². The molecule has 2 nitrogen and oxygen atoms in total. The topological polar surface area (TPSA) is 26.3 Å². The minimum Gasteiger partial charge on any atom is -0.432 e. The molecule has 1 aromatic carbocycles. The predicted octanol–water partition coefficient (Wildman–Crippen LogP) is 2.56. The molecule has 78 valence electrons. The Morgan fingerprint density at radius 1 is 1.40 bits per heavy atom. The molecule has 0 aliphatic rings. The Hall–Kier alpha value is -1.46. The van der Waals surface area contributed by atoms with Gasteiger partial charge in [0, 0.05) is 19.4 Å². The van der Waals surface area contributed by atoms with E-state index in [1.54, 1.807) is 0 Å². The van der Waals surface area contributed by atoms with Crippen LogP contribution in [-0.4, -0.2) is 11.0 Å². The Kier molecular flexibility index (Phi) is 3.76. The van der Waals surface area contributed by atoms with E-state index in [1.165, 1.54) is 13.8 Å². The lowest BCUT2D eigenvalue weighted by atomic mass is 10.2. The van der Waals surface area contributed by atoms with Crippen LogP contribution in [0.4, 0.5) is 0 Å². The summed E-state index contributed by atoms with van der Waals surface area (Å²) in [6.45, 7) is 2.83. The number of hydrogen-bond donors (Lipinski definition) is 0. The minimum absolute atomic E-state index is 0.449. The van der Waals surface area contributed by atoms with Crippen molar-refractivity contribution in [3.8, 4) is 11.8 Å². The second-order valence-corrected chi connectivity index (χ2v) is 3.85. The summed E-state index contributed by atoms with van der Waals surface area (Å²) >= 11 is 5.86. The van der Waals surface area contributed by atoms with Gasteiger partial charge in [0.25, 0.3) is 0 Å². The third-order valence-corrected chi connectivity index (χ3v) is 1.71. The Morgan fingerprint density at radius 3 is 2.53 bits per heavy atom. The number of carbonyl (C=O) groups is 1. The number of alkyl halides is 1. The number of hydrogen-bond acceptors (Lipinski definition) is 2. The van der Waals surface area contributed by atoms with Crippen LogP contribution in [0.25, 0.3) is 0 Å². The van der Waals surface area contributed by atoms with Gasteiger partial charge in [-0.1, -0.05) is 35.7 Å². The molecule has 0 N–H and O–H groups in total. The molecule has 0 radical (unpaired) electrons. The number of carbonyl (C=O) groups excluding carboxylic acids is 1. The first-order valence-corrected chi connectivity index (χ1v) is 4.84. The van der Waals surface area contributed by atoms with E-state index in [2.05, 4.69) is 11.8 Å². The van der Waals surface area contributed by atoms with Crippen LogP contribution in [0.5, 0.6) is 0 Å². The fraction of sp³-hybridized carbons (Fsp3) is 0.250. The van der Waals surface area contributed by atoms with E-state index in [9.17, 15) is 4.79 Å². The Morgan fingerprint density at radius 2 is 2.00 bits per heavy atom. The van der Waals surface area contributed by atoms with Crippen LogP contribution in [0.2, 0.25) is 0 Å². The molecular weight excluding hydrogens is 212 g/mol. The molecule has 1 aromatic rings. The van der Waals surface area contributed by atoms with Crippen molar-refractivity contribution in [3.63, 3.8) is 0 Å². The van der Waals surface area contributed by atoms with Gasteiger partial charge in [-0.15, -0.1) is 0 Å². The molecule has 0 amide bonds. The zero-order chi connectivity index (χ0) is 11.3. The van der Waals surface area contributed by atoms with Crippen molar-refractivity contribution >= 4 is 17.6 Å².